The Morgan fingerprint density at radius 2 is 1.97 bits per heavy atom. The zero-order valence-corrected chi connectivity index (χ0v) is 22.0. The van der Waals surface area contributed by atoms with Crippen molar-refractivity contribution in [2.75, 3.05) is 11.9 Å². The number of benzene rings is 1. The zero-order chi connectivity index (χ0) is 24.5. The fraction of sp³-hybridized carbons (Fsp3) is 0.375. The van der Waals surface area contributed by atoms with Gasteiger partial charge in [0.05, 0.1) is 29.6 Å². The van der Waals surface area contributed by atoms with E-state index in [2.05, 4.69) is 45.9 Å². The van der Waals surface area contributed by atoms with Crippen molar-refractivity contribution in [2.45, 2.75) is 50.9 Å². The first kappa shape index (κ1) is 24.6. The number of aliphatic hydroxyl groups is 1. The van der Waals surface area contributed by atoms with Gasteiger partial charge in [0.25, 0.3) is 0 Å². The normalized spacial score (nSPS) is 17.6. The Bertz CT molecular complexity index is 1180. The summed E-state index contributed by atoms with van der Waals surface area (Å²) in [6, 6.07) is 10.1. The molecule has 0 saturated carbocycles. The molecular formula is C24H29BrN4O4Si. The van der Waals surface area contributed by atoms with Gasteiger partial charge in [-0.2, -0.15) is 0 Å². The number of carbonyl (C=O) groups is 1. The van der Waals surface area contributed by atoms with Crippen LogP contribution in [-0.2, 0) is 11.5 Å². The van der Waals surface area contributed by atoms with E-state index in [0.29, 0.717) is 25.4 Å². The monoisotopic (exact) mass is 544 g/mol. The summed E-state index contributed by atoms with van der Waals surface area (Å²) in [5.74, 6) is 0.642. The third-order valence-corrected chi connectivity index (χ3v) is 8.05. The second-order valence-electron chi connectivity index (χ2n) is 9.72. The second-order valence-corrected chi connectivity index (χ2v) is 16.3. The van der Waals surface area contributed by atoms with Gasteiger partial charge in [-0.05, 0) is 52.2 Å². The maximum Gasteiger partial charge on any atom is 0.409 e. The number of fused-ring (bicyclic) bond motifs is 1. The Hall–Kier alpha value is -2.53. The summed E-state index contributed by atoms with van der Waals surface area (Å²) in [5.41, 5.74) is 3.91. The summed E-state index contributed by atoms with van der Waals surface area (Å²) in [7, 11) is -1.23. The summed E-state index contributed by atoms with van der Waals surface area (Å²) in [4.78, 5) is 20.3. The van der Waals surface area contributed by atoms with Crippen molar-refractivity contribution in [3.05, 3.63) is 64.3 Å². The summed E-state index contributed by atoms with van der Waals surface area (Å²) < 4.78 is 8.98. The lowest BCUT2D eigenvalue weighted by Crippen LogP contribution is -2.22. The number of aromatic nitrogens is 3. The molecule has 2 unspecified atom stereocenters. The van der Waals surface area contributed by atoms with E-state index < -0.39 is 20.3 Å². The molecule has 1 aliphatic carbocycles. The van der Waals surface area contributed by atoms with Gasteiger partial charge in [-0.25, -0.2) is 9.78 Å². The average molecular weight is 546 g/mol. The van der Waals surface area contributed by atoms with Crippen molar-refractivity contribution in [1.29, 1.82) is 0 Å². The van der Waals surface area contributed by atoms with Gasteiger partial charge in [0.2, 0.25) is 0 Å². The molecule has 0 aliphatic heterocycles. The molecule has 10 heteroatoms. The van der Waals surface area contributed by atoms with Crippen molar-refractivity contribution in [1.82, 2.24) is 14.5 Å². The Kier molecular flexibility index (Phi) is 7.22. The number of halogens is 1. The number of aliphatic hydroxyl groups excluding tert-OH is 1. The van der Waals surface area contributed by atoms with Gasteiger partial charge in [-0.15, -0.1) is 0 Å². The number of nitrogens with zero attached hydrogens (tertiary/aromatic N) is 3. The lowest BCUT2D eigenvalue weighted by atomic mass is 10.1. The Morgan fingerprint density at radius 3 is 2.65 bits per heavy atom. The summed E-state index contributed by atoms with van der Waals surface area (Å²) in [5, 5.41) is 22.0. The van der Waals surface area contributed by atoms with Gasteiger partial charge in [0.1, 0.15) is 12.6 Å². The molecular weight excluding hydrogens is 516 g/mol. The van der Waals surface area contributed by atoms with Gasteiger partial charge in [-0.3, -0.25) is 10.3 Å². The Balaban J connectivity index is 1.67. The molecule has 34 heavy (non-hydrogen) atoms. The number of amides is 1. The van der Waals surface area contributed by atoms with Crippen LogP contribution >= 0.6 is 15.9 Å². The molecule has 1 amide bonds. The van der Waals surface area contributed by atoms with Crippen LogP contribution in [0.5, 0.6) is 0 Å². The molecule has 0 saturated heterocycles. The minimum absolute atomic E-state index is 0.152. The Labute approximate surface area is 208 Å². The maximum absolute atomic E-state index is 10.9. The number of carboxylic acid groups (broad SMARTS) is 1. The van der Waals surface area contributed by atoms with Gasteiger partial charge in [0.15, 0.2) is 0 Å². The van der Waals surface area contributed by atoms with Crippen LogP contribution in [0, 0.1) is 0 Å². The topological polar surface area (TPSA) is 110 Å². The van der Waals surface area contributed by atoms with Gasteiger partial charge in [-0.1, -0.05) is 31.8 Å². The van der Waals surface area contributed by atoms with Crippen LogP contribution in [0.15, 0.2) is 47.2 Å². The highest BCUT2D eigenvalue weighted by atomic mass is 79.9. The van der Waals surface area contributed by atoms with E-state index >= 15 is 0 Å². The molecule has 2 atom stereocenters. The second kappa shape index (κ2) is 9.99. The van der Waals surface area contributed by atoms with Crippen LogP contribution in [0.1, 0.15) is 35.5 Å². The van der Waals surface area contributed by atoms with Crippen LogP contribution in [-0.4, -0.2) is 45.5 Å². The molecule has 1 aliphatic rings. The SMILES string of the molecule is C[Si](C)(C)CCOCn1c(-c2ccc(NC(=O)O)cc2)cnc1C1CC(O)c2cc(Br)cnc21. The summed E-state index contributed by atoms with van der Waals surface area (Å²) in [6.45, 7) is 7.96. The van der Waals surface area contributed by atoms with Gasteiger partial charge < -0.3 is 19.5 Å². The average Bonchev–Trinajstić information content (AvgIpc) is 3.31. The lowest BCUT2D eigenvalue weighted by Gasteiger charge is -2.19. The number of anilines is 1. The number of pyridine rings is 1. The number of hydrogen-bond donors (Lipinski definition) is 3. The Morgan fingerprint density at radius 1 is 1.24 bits per heavy atom. The van der Waals surface area contributed by atoms with E-state index in [-0.39, 0.29) is 5.92 Å². The highest BCUT2D eigenvalue weighted by molar-refractivity contribution is 9.10. The molecule has 1 aromatic carbocycles. The fourth-order valence-corrected chi connectivity index (χ4v) is 5.24. The highest BCUT2D eigenvalue weighted by Crippen LogP contribution is 2.44. The summed E-state index contributed by atoms with van der Waals surface area (Å²) in [6.07, 6.45) is 2.35. The molecule has 180 valence electrons. The van der Waals surface area contributed by atoms with Crippen molar-refractivity contribution in [2.24, 2.45) is 0 Å². The molecule has 0 radical (unpaired) electrons. The van der Waals surface area contributed by atoms with Crippen LogP contribution in [0.2, 0.25) is 25.7 Å². The molecule has 4 rings (SSSR count). The number of imidazole rings is 1. The first-order chi connectivity index (χ1) is 16.1. The molecule has 0 spiro atoms. The highest BCUT2D eigenvalue weighted by Gasteiger charge is 2.35. The molecule has 3 N–H and O–H groups in total. The van der Waals surface area contributed by atoms with Crippen molar-refractivity contribution < 1.29 is 19.7 Å². The van der Waals surface area contributed by atoms with E-state index in [9.17, 15) is 9.90 Å². The zero-order valence-electron chi connectivity index (χ0n) is 19.5. The van der Waals surface area contributed by atoms with Gasteiger partial charge in [0, 0.05) is 36.6 Å². The minimum atomic E-state index is -1.23. The fourth-order valence-electron chi connectivity index (χ4n) is 4.13. The van der Waals surface area contributed by atoms with Crippen LogP contribution < -0.4 is 5.32 Å². The van der Waals surface area contributed by atoms with Crippen molar-refractivity contribution in [3.63, 3.8) is 0 Å². The minimum Gasteiger partial charge on any atom is -0.465 e. The molecule has 2 aromatic heterocycles. The first-order valence-corrected chi connectivity index (χ1v) is 15.7. The standard InChI is InChI=1S/C24H29BrN4O4Si/c1-34(2,3)9-8-33-14-29-20(15-4-6-17(7-5-15)28-24(31)32)13-27-23(29)19-11-21(30)18-10-16(25)12-26-22(18)19/h4-7,10,12-13,19,21,28,30H,8-9,11,14H2,1-3H3,(H,31,32). The third kappa shape index (κ3) is 5.57. The molecule has 2 heterocycles. The molecule has 0 bridgehead atoms. The molecule has 3 aromatic rings. The quantitative estimate of drug-likeness (QED) is 0.248. The van der Waals surface area contributed by atoms with E-state index in [0.717, 1.165) is 38.9 Å². The van der Waals surface area contributed by atoms with Crippen molar-refractivity contribution >= 4 is 35.8 Å². The van der Waals surface area contributed by atoms with E-state index in [1.54, 1.807) is 24.5 Å². The molecule has 8 nitrogen and oxygen atoms in total. The maximum atomic E-state index is 10.9. The third-order valence-electron chi connectivity index (χ3n) is 5.91. The van der Waals surface area contributed by atoms with E-state index in [4.69, 9.17) is 14.8 Å². The first-order valence-electron chi connectivity index (χ1n) is 11.2. The molecule has 0 fully saturated rings. The number of nitrogens with one attached hydrogen (secondary N) is 1. The lowest BCUT2D eigenvalue weighted by molar-refractivity contribution is 0.0851. The van der Waals surface area contributed by atoms with E-state index in [1.807, 2.05) is 22.8 Å². The number of rotatable bonds is 8. The van der Waals surface area contributed by atoms with E-state index in [1.165, 1.54) is 0 Å². The summed E-state index contributed by atoms with van der Waals surface area (Å²) >= 11 is 3.44. The number of hydrogen-bond acceptors (Lipinski definition) is 5. The van der Waals surface area contributed by atoms with Crippen LogP contribution in [0.25, 0.3) is 11.3 Å². The van der Waals surface area contributed by atoms with Crippen LogP contribution in [0.4, 0.5) is 10.5 Å². The predicted molar refractivity (Wildman–Crippen MR) is 137 cm³/mol. The van der Waals surface area contributed by atoms with Crippen LogP contribution in [0.3, 0.4) is 0 Å². The smallest absolute Gasteiger partial charge is 0.409 e. The largest absolute Gasteiger partial charge is 0.465 e. The van der Waals surface area contributed by atoms with Gasteiger partial charge >= 0.3 is 6.09 Å². The van der Waals surface area contributed by atoms with Crippen molar-refractivity contribution in [3.8, 4) is 11.3 Å². The predicted octanol–water partition coefficient (Wildman–Crippen LogP) is 5.68. The number of ether oxygens (including phenoxy) is 1.